The number of aliphatic hydroxyl groups excluding tert-OH is 1. The summed E-state index contributed by atoms with van der Waals surface area (Å²) >= 11 is 5.85. The Morgan fingerprint density at radius 3 is 2.69 bits per heavy atom. The number of halogens is 1. The fourth-order valence-corrected chi connectivity index (χ4v) is 1.87. The fraction of sp³-hybridized carbons (Fsp3) is 0.500. The smallest absolute Gasteiger partial charge is 0.129 e. The molecule has 13 heavy (non-hydrogen) atoms. The summed E-state index contributed by atoms with van der Waals surface area (Å²) in [7, 11) is 0. The molecular weight excluding hydrogens is 186 g/mol. The predicted molar refractivity (Wildman–Crippen MR) is 52.0 cm³/mol. The van der Waals surface area contributed by atoms with Crippen LogP contribution in [-0.2, 0) is 5.41 Å². The van der Waals surface area contributed by atoms with Crippen molar-refractivity contribution < 1.29 is 5.11 Å². The van der Waals surface area contributed by atoms with Gasteiger partial charge < -0.3 is 5.11 Å². The molecule has 0 atom stereocenters. The SMILES string of the molecule is Cc1cc(C2(CO)CC2)cc(Cl)n1. The fourth-order valence-electron chi connectivity index (χ4n) is 1.62. The van der Waals surface area contributed by atoms with Crippen LogP contribution in [-0.4, -0.2) is 16.7 Å². The Bertz CT molecular complexity index is 313. The number of nitrogens with zero attached hydrogens (tertiary/aromatic N) is 1. The molecule has 1 aromatic rings. The number of hydrogen-bond donors (Lipinski definition) is 1. The normalized spacial score (nSPS) is 18.7. The molecule has 0 aliphatic heterocycles. The van der Waals surface area contributed by atoms with E-state index >= 15 is 0 Å². The Morgan fingerprint density at radius 1 is 1.54 bits per heavy atom. The molecule has 1 aliphatic carbocycles. The largest absolute Gasteiger partial charge is 0.395 e. The highest BCUT2D eigenvalue weighted by molar-refractivity contribution is 6.29. The molecule has 1 N–H and O–H groups in total. The third-order valence-corrected chi connectivity index (χ3v) is 2.88. The van der Waals surface area contributed by atoms with Crippen molar-refractivity contribution in [2.24, 2.45) is 0 Å². The third kappa shape index (κ3) is 1.56. The van der Waals surface area contributed by atoms with Crippen molar-refractivity contribution in [1.82, 2.24) is 4.98 Å². The van der Waals surface area contributed by atoms with Gasteiger partial charge in [0.05, 0.1) is 6.61 Å². The maximum absolute atomic E-state index is 9.23. The van der Waals surface area contributed by atoms with Crippen LogP contribution in [0.25, 0.3) is 0 Å². The first kappa shape index (κ1) is 8.97. The van der Waals surface area contributed by atoms with Crippen molar-refractivity contribution >= 4 is 11.6 Å². The van der Waals surface area contributed by atoms with Crippen molar-refractivity contribution in [3.63, 3.8) is 0 Å². The second-order valence-electron chi connectivity index (χ2n) is 3.76. The molecule has 0 saturated heterocycles. The Balaban J connectivity index is 2.40. The Kier molecular flexibility index (Phi) is 2.05. The Morgan fingerprint density at radius 2 is 2.23 bits per heavy atom. The molecule has 0 bridgehead atoms. The molecule has 1 fully saturated rings. The highest BCUT2D eigenvalue weighted by Crippen LogP contribution is 2.48. The van der Waals surface area contributed by atoms with Gasteiger partial charge in [0.25, 0.3) is 0 Å². The molecule has 0 spiro atoms. The zero-order valence-electron chi connectivity index (χ0n) is 7.55. The monoisotopic (exact) mass is 197 g/mol. The van der Waals surface area contributed by atoms with Gasteiger partial charge in [-0.3, -0.25) is 0 Å². The van der Waals surface area contributed by atoms with Crippen LogP contribution in [0.1, 0.15) is 24.1 Å². The van der Waals surface area contributed by atoms with E-state index in [1.807, 2.05) is 19.1 Å². The maximum atomic E-state index is 9.23. The minimum absolute atomic E-state index is 0.00264. The molecule has 0 amide bonds. The van der Waals surface area contributed by atoms with Crippen molar-refractivity contribution in [3.05, 3.63) is 28.5 Å². The second-order valence-corrected chi connectivity index (χ2v) is 4.15. The number of hydrogen-bond acceptors (Lipinski definition) is 2. The summed E-state index contributed by atoms with van der Waals surface area (Å²) in [6.45, 7) is 2.13. The number of pyridine rings is 1. The molecular formula is C10H12ClNO. The summed E-state index contributed by atoms with van der Waals surface area (Å²) < 4.78 is 0. The quantitative estimate of drug-likeness (QED) is 0.737. The van der Waals surface area contributed by atoms with Crippen LogP contribution >= 0.6 is 11.6 Å². The second kappa shape index (κ2) is 2.96. The van der Waals surface area contributed by atoms with Gasteiger partial charge in [-0.15, -0.1) is 0 Å². The number of aryl methyl sites for hydroxylation is 1. The first-order valence-corrected chi connectivity index (χ1v) is 4.80. The zero-order chi connectivity index (χ0) is 9.47. The summed E-state index contributed by atoms with van der Waals surface area (Å²) in [5.41, 5.74) is 2.05. The Labute approximate surface area is 82.6 Å². The number of rotatable bonds is 2. The topological polar surface area (TPSA) is 33.1 Å². The van der Waals surface area contributed by atoms with E-state index in [9.17, 15) is 5.11 Å². The molecule has 70 valence electrons. The van der Waals surface area contributed by atoms with Crippen LogP contribution in [0, 0.1) is 6.92 Å². The van der Waals surface area contributed by atoms with Gasteiger partial charge in [0.15, 0.2) is 0 Å². The van der Waals surface area contributed by atoms with Gasteiger partial charge in [-0.2, -0.15) is 0 Å². The summed E-state index contributed by atoms with van der Waals surface area (Å²) in [4.78, 5) is 4.09. The van der Waals surface area contributed by atoms with E-state index in [2.05, 4.69) is 4.98 Å². The van der Waals surface area contributed by atoms with Crippen LogP contribution in [0.15, 0.2) is 12.1 Å². The van der Waals surface area contributed by atoms with Crippen LogP contribution in [0.4, 0.5) is 0 Å². The minimum Gasteiger partial charge on any atom is -0.395 e. The molecule has 0 aromatic carbocycles. The first-order valence-electron chi connectivity index (χ1n) is 4.42. The molecule has 0 unspecified atom stereocenters. The first-order chi connectivity index (χ1) is 6.16. The molecule has 1 aromatic heterocycles. The van der Waals surface area contributed by atoms with E-state index in [1.54, 1.807) is 0 Å². The average molecular weight is 198 g/mol. The van der Waals surface area contributed by atoms with Crippen molar-refractivity contribution in [2.45, 2.75) is 25.2 Å². The molecule has 3 heteroatoms. The van der Waals surface area contributed by atoms with Gasteiger partial charge in [-0.25, -0.2) is 4.98 Å². The van der Waals surface area contributed by atoms with Crippen LogP contribution in [0.2, 0.25) is 5.15 Å². The van der Waals surface area contributed by atoms with E-state index in [4.69, 9.17) is 11.6 Å². The standard InChI is InChI=1S/C10H12ClNO/c1-7-4-8(5-9(11)12-7)10(6-13)2-3-10/h4-5,13H,2-3,6H2,1H3. The van der Waals surface area contributed by atoms with Gasteiger partial charge in [-0.05, 0) is 37.5 Å². The van der Waals surface area contributed by atoms with Gasteiger partial charge >= 0.3 is 0 Å². The van der Waals surface area contributed by atoms with Gasteiger partial charge in [-0.1, -0.05) is 11.6 Å². The van der Waals surface area contributed by atoms with Gasteiger partial charge in [0.1, 0.15) is 5.15 Å². The van der Waals surface area contributed by atoms with Crippen molar-refractivity contribution in [1.29, 1.82) is 0 Å². The summed E-state index contributed by atoms with van der Waals surface area (Å²) in [5.74, 6) is 0. The van der Waals surface area contributed by atoms with Gasteiger partial charge in [0.2, 0.25) is 0 Å². The van der Waals surface area contributed by atoms with E-state index in [0.29, 0.717) is 5.15 Å². The molecule has 1 heterocycles. The highest BCUT2D eigenvalue weighted by atomic mass is 35.5. The molecule has 2 rings (SSSR count). The Hall–Kier alpha value is -0.600. The van der Waals surface area contributed by atoms with Gasteiger partial charge in [0, 0.05) is 11.1 Å². The lowest BCUT2D eigenvalue weighted by Gasteiger charge is -2.12. The van der Waals surface area contributed by atoms with Crippen molar-refractivity contribution in [3.8, 4) is 0 Å². The average Bonchev–Trinajstić information content (AvgIpc) is 2.82. The van der Waals surface area contributed by atoms with E-state index in [-0.39, 0.29) is 12.0 Å². The van der Waals surface area contributed by atoms with Crippen LogP contribution < -0.4 is 0 Å². The molecule has 2 nitrogen and oxygen atoms in total. The lowest BCUT2D eigenvalue weighted by atomic mass is 9.97. The summed E-state index contributed by atoms with van der Waals surface area (Å²) in [5, 5.41) is 9.75. The summed E-state index contributed by atoms with van der Waals surface area (Å²) in [6.07, 6.45) is 2.12. The van der Waals surface area contributed by atoms with E-state index in [0.717, 1.165) is 24.1 Å². The lowest BCUT2D eigenvalue weighted by Crippen LogP contribution is -2.12. The summed E-state index contributed by atoms with van der Waals surface area (Å²) in [6, 6.07) is 3.87. The maximum Gasteiger partial charge on any atom is 0.129 e. The van der Waals surface area contributed by atoms with Crippen LogP contribution in [0.3, 0.4) is 0 Å². The number of aromatic nitrogens is 1. The third-order valence-electron chi connectivity index (χ3n) is 2.69. The molecule has 0 radical (unpaired) electrons. The minimum atomic E-state index is -0.00264. The molecule has 1 aliphatic rings. The zero-order valence-corrected chi connectivity index (χ0v) is 8.30. The lowest BCUT2D eigenvalue weighted by molar-refractivity contribution is 0.255. The predicted octanol–water partition coefficient (Wildman–Crippen LogP) is 2.07. The van der Waals surface area contributed by atoms with E-state index < -0.39 is 0 Å². The van der Waals surface area contributed by atoms with Crippen LogP contribution in [0.5, 0.6) is 0 Å². The number of aliphatic hydroxyl groups is 1. The van der Waals surface area contributed by atoms with E-state index in [1.165, 1.54) is 0 Å². The molecule has 1 saturated carbocycles. The van der Waals surface area contributed by atoms with Crippen molar-refractivity contribution in [2.75, 3.05) is 6.61 Å². The highest BCUT2D eigenvalue weighted by Gasteiger charge is 2.43.